The minimum Gasteiger partial charge on any atom is -0.481 e. The van der Waals surface area contributed by atoms with E-state index in [1.807, 2.05) is 13.8 Å². The number of nitrogens with one attached hydrogen (secondary N) is 2. The van der Waals surface area contributed by atoms with Gasteiger partial charge in [-0.2, -0.15) is 0 Å². The average molecular weight is 381 g/mol. The molecule has 0 spiro atoms. The summed E-state index contributed by atoms with van der Waals surface area (Å²) in [5.74, 6) is 5.93. The zero-order valence-electron chi connectivity index (χ0n) is 15.6. The Morgan fingerprint density at radius 2 is 1.92 bits per heavy atom. The maximum absolute atomic E-state index is 12.7. The van der Waals surface area contributed by atoms with Crippen molar-refractivity contribution in [3.8, 4) is 17.6 Å². The van der Waals surface area contributed by atoms with E-state index in [2.05, 4.69) is 17.2 Å². The Morgan fingerprint density at radius 3 is 2.46 bits per heavy atom. The molecular formula is C19H28N2O4S. The van der Waals surface area contributed by atoms with Crippen molar-refractivity contribution in [2.45, 2.75) is 38.5 Å². The van der Waals surface area contributed by atoms with Gasteiger partial charge < -0.3 is 10.1 Å². The lowest BCUT2D eigenvalue weighted by Gasteiger charge is -2.34. The monoisotopic (exact) mass is 380 g/mol. The molecule has 144 valence electrons. The van der Waals surface area contributed by atoms with Gasteiger partial charge in [-0.25, -0.2) is 5.48 Å². The second-order valence-corrected chi connectivity index (χ2v) is 7.10. The van der Waals surface area contributed by atoms with E-state index in [-0.39, 0.29) is 5.75 Å². The summed E-state index contributed by atoms with van der Waals surface area (Å²) in [5.41, 5.74) is 0.927. The number of carbonyl (C=O) groups is 1. The molecule has 1 unspecified atom stereocenters. The van der Waals surface area contributed by atoms with Crippen LogP contribution in [0.25, 0.3) is 0 Å². The number of amides is 1. The summed E-state index contributed by atoms with van der Waals surface area (Å²) in [4.78, 5) is 12.7. The van der Waals surface area contributed by atoms with Crippen LogP contribution in [-0.2, 0) is 15.6 Å². The van der Waals surface area contributed by atoms with Crippen LogP contribution in [0, 0.1) is 17.3 Å². The summed E-state index contributed by atoms with van der Waals surface area (Å²) in [6, 6.07) is 6.95. The molecule has 1 aromatic rings. The predicted molar refractivity (Wildman–Crippen MR) is 102 cm³/mol. The van der Waals surface area contributed by atoms with Crippen LogP contribution < -0.4 is 15.5 Å². The fraction of sp³-hybridized carbons (Fsp3) is 0.526. The molecule has 6 nitrogen and oxygen atoms in total. The number of ether oxygens (including phenoxy) is 1. The van der Waals surface area contributed by atoms with Crippen LogP contribution in [0.5, 0.6) is 5.75 Å². The van der Waals surface area contributed by atoms with Crippen LogP contribution in [0.2, 0.25) is 0 Å². The normalized spacial score (nSPS) is 16.2. The van der Waals surface area contributed by atoms with Gasteiger partial charge in [-0.15, -0.1) is 5.92 Å². The highest BCUT2D eigenvalue weighted by atomic mass is 32.2. The number of piperidine rings is 1. The molecular weight excluding hydrogens is 352 g/mol. The molecule has 0 aliphatic carbocycles. The van der Waals surface area contributed by atoms with Gasteiger partial charge in [0.25, 0.3) is 5.91 Å². The summed E-state index contributed by atoms with van der Waals surface area (Å²) in [6.07, 6.45) is 1.09. The number of hydrogen-bond donors (Lipinski definition) is 3. The molecule has 7 heteroatoms. The van der Waals surface area contributed by atoms with Crippen LogP contribution in [0.3, 0.4) is 0 Å². The van der Waals surface area contributed by atoms with Crippen molar-refractivity contribution < 1.29 is 18.9 Å². The van der Waals surface area contributed by atoms with Gasteiger partial charge in [-0.3, -0.25) is 14.2 Å². The van der Waals surface area contributed by atoms with Crippen molar-refractivity contribution in [3.63, 3.8) is 0 Å². The summed E-state index contributed by atoms with van der Waals surface area (Å²) in [7, 11) is -1.34. The molecule has 1 aromatic carbocycles. The second kappa shape index (κ2) is 11.7. The van der Waals surface area contributed by atoms with Gasteiger partial charge in [0.05, 0.1) is 16.2 Å². The molecule has 2 rings (SSSR count). The van der Waals surface area contributed by atoms with Gasteiger partial charge in [-0.05, 0) is 57.1 Å². The average Bonchev–Trinajstić information content (AvgIpc) is 2.70. The summed E-state index contributed by atoms with van der Waals surface area (Å²) in [6.45, 7) is 7.38. The first-order valence-corrected chi connectivity index (χ1v) is 10.1. The third-order valence-corrected chi connectivity index (χ3v) is 5.74. The number of hydrogen-bond acceptors (Lipinski definition) is 5. The lowest BCUT2D eigenvalue weighted by Crippen LogP contribution is -2.49. The van der Waals surface area contributed by atoms with Gasteiger partial charge in [0.1, 0.15) is 12.4 Å². The topological polar surface area (TPSA) is 87.7 Å². The van der Waals surface area contributed by atoms with Gasteiger partial charge in [0.2, 0.25) is 0 Å². The lowest BCUT2D eigenvalue weighted by atomic mass is 9.80. The minimum atomic E-state index is -1.34. The second-order valence-electron chi connectivity index (χ2n) is 5.65. The number of rotatable bonds is 6. The molecule has 1 aliphatic rings. The molecule has 0 saturated carbocycles. The van der Waals surface area contributed by atoms with Crippen molar-refractivity contribution in [1.82, 2.24) is 10.8 Å². The Hall–Kier alpha value is -1.88. The van der Waals surface area contributed by atoms with Crippen LogP contribution in [-0.4, -0.2) is 40.8 Å². The SMILES string of the molecule is CC.CC#CCOc1ccc(S(=O)CC2(C(=O)NO)CCNCC2)cc1. The van der Waals surface area contributed by atoms with Gasteiger partial charge >= 0.3 is 0 Å². The number of hydroxylamine groups is 1. The molecule has 26 heavy (non-hydrogen) atoms. The third kappa shape index (κ3) is 6.13. The first kappa shape index (κ1) is 22.2. The summed E-state index contributed by atoms with van der Waals surface area (Å²) >= 11 is 0. The van der Waals surface area contributed by atoms with Crippen molar-refractivity contribution in [3.05, 3.63) is 24.3 Å². The van der Waals surface area contributed by atoms with E-state index in [0.717, 1.165) is 0 Å². The van der Waals surface area contributed by atoms with E-state index in [4.69, 9.17) is 9.94 Å². The molecule has 1 atom stereocenters. The van der Waals surface area contributed by atoms with Crippen molar-refractivity contribution in [2.75, 3.05) is 25.4 Å². The number of carbonyl (C=O) groups excluding carboxylic acids is 1. The Labute approximate surface area is 158 Å². The molecule has 0 aromatic heterocycles. The first-order chi connectivity index (χ1) is 12.6. The largest absolute Gasteiger partial charge is 0.481 e. The molecule has 3 N–H and O–H groups in total. The Morgan fingerprint density at radius 1 is 1.31 bits per heavy atom. The van der Waals surface area contributed by atoms with Crippen LogP contribution in [0.15, 0.2) is 29.2 Å². The molecule has 1 amide bonds. The zero-order chi connectivity index (χ0) is 19.4. The molecule has 0 radical (unpaired) electrons. The maximum Gasteiger partial charge on any atom is 0.250 e. The minimum absolute atomic E-state index is 0.183. The zero-order valence-corrected chi connectivity index (χ0v) is 16.4. The lowest BCUT2D eigenvalue weighted by molar-refractivity contribution is -0.140. The van der Waals surface area contributed by atoms with E-state index in [1.165, 1.54) is 0 Å². The molecule has 1 fully saturated rings. The van der Waals surface area contributed by atoms with E-state index < -0.39 is 22.1 Å². The highest BCUT2D eigenvalue weighted by Crippen LogP contribution is 2.32. The smallest absolute Gasteiger partial charge is 0.250 e. The molecule has 0 bridgehead atoms. The van der Waals surface area contributed by atoms with Crippen LogP contribution in [0.4, 0.5) is 0 Å². The maximum atomic E-state index is 12.7. The van der Waals surface area contributed by atoms with E-state index >= 15 is 0 Å². The predicted octanol–water partition coefficient (Wildman–Crippen LogP) is 2.10. The number of benzene rings is 1. The van der Waals surface area contributed by atoms with E-state index in [1.54, 1.807) is 36.7 Å². The third-order valence-electron chi connectivity index (χ3n) is 4.13. The van der Waals surface area contributed by atoms with Crippen molar-refractivity contribution >= 4 is 16.7 Å². The van der Waals surface area contributed by atoms with Crippen LogP contribution >= 0.6 is 0 Å². The fourth-order valence-electron chi connectivity index (χ4n) is 2.67. The molecule has 1 aliphatic heterocycles. The quantitative estimate of drug-likeness (QED) is 0.400. The Bertz CT molecular complexity index is 644. The van der Waals surface area contributed by atoms with Crippen molar-refractivity contribution in [2.24, 2.45) is 5.41 Å². The van der Waals surface area contributed by atoms with Gasteiger partial charge in [0.15, 0.2) is 0 Å². The van der Waals surface area contributed by atoms with E-state index in [0.29, 0.717) is 43.2 Å². The molecule has 1 saturated heterocycles. The highest BCUT2D eigenvalue weighted by molar-refractivity contribution is 7.85. The van der Waals surface area contributed by atoms with Crippen LogP contribution in [0.1, 0.15) is 33.6 Å². The Kier molecular flexibility index (Phi) is 9.96. The Balaban J connectivity index is 0.00000163. The van der Waals surface area contributed by atoms with Crippen molar-refractivity contribution in [1.29, 1.82) is 0 Å². The summed E-state index contributed by atoms with van der Waals surface area (Å²) < 4.78 is 18.1. The fourth-order valence-corrected chi connectivity index (χ4v) is 4.20. The van der Waals surface area contributed by atoms with E-state index in [9.17, 15) is 9.00 Å². The highest BCUT2D eigenvalue weighted by Gasteiger charge is 2.41. The standard InChI is InChI=1S/C17H22N2O4S.C2H6/c1-2-3-12-23-14-4-6-15(7-5-14)24(22)13-17(16(20)19-21)8-10-18-11-9-17;1-2/h4-7,18,21H,8-13H2,1H3,(H,19,20);1-2H3. The van der Waals surface area contributed by atoms with Gasteiger partial charge in [0, 0.05) is 10.6 Å². The van der Waals surface area contributed by atoms with Gasteiger partial charge in [-0.1, -0.05) is 19.8 Å². The first-order valence-electron chi connectivity index (χ1n) is 8.77. The summed E-state index contributed by atoms with van der Waals surface area (Å²) in [5, 5.41) is 12.2. The molecule has 1 heterocycles.